The van der Waals surface area contributed by atoms with E-state index in [0.717, 1.165) is 10.6 Å². The molecular weight excluding hydrogens is 468 g/mol. The molecule has 3 atom stereocenters. The van der Waals surface area contributed by atoms with Gasteiger partial charge in [0.2, 0.25) is 5.06 Å². The van der Waals surface area contributed by atoms with E-state index in [4.69, 9.17) is 13.9 Å². The van der Waals surface area contributed by atoms with Crippen molar-refractivity contribution in [2.45, 2.75) is 89.9 Å². The van der Waals surface area contributed by atoms with Crippen molar-refractivity contribution < 1.29 is 23.8 Å². The lowest BCUT2D eigenvalue weighted by Gasteiger charge is -2.39. The van der Waals surface area contributed by atoms with E-state index in [1.54, 1.807) is 16.6 Å². The van der Waals surface area contributed by atoms with Crippen LogP contribution in [-0.4, -0.2) is 59.8 Å². The molecule has 1 aromatic carbocycles. The molecule has 0 bridgehead atoms. The Balaban J connectivity index is 1.78. The van der Waals surface area contributed by atoms with Crippen molar-refractivity contribution in [2.75, 3.05) is 6.54 Å². The maximum absolute atomic E-state index is 13.1. The van der Waals surface area contributed by atoms with Crippen LogP contribution in [0, 0.1) is 0 Å². The molecule has 1 aliphatic heterocycles. The number of aromatic nitrogens is 1. The van der Waals surface area contributed by atoms with E-state index in [2.05, 4.69) is 38.8 Å². The second-order valence-electron chi connectivity index (χ2n) is 11.4. The van der Waals surface area contributed by atoms with Gasteiger partial charge >= 0.3 is 6.09 Å². The molecule has 3 rings (SSSR count). The number of hydrogen-bond donors (Lipinski definition) is 1. The second-order valence-corrected chi connectivity index (χ2v) is 17.0. The summed E-state index contributed by atoms with van der Waals surface area (Å²) in [6.07, 6.45) is 0.470. The summed E-state index contributed by atoms with van der Waals surface area (Å²) in [5.41, 5.74) is 2.08. The van der Waals surface area contributed by atoms with Crippen molar-refractivity contribution in [3.8, 4) is 10.8 Å². The average Bonchev–Trinajstić information content (AvgIpc) is 3.30. The van der Waals surface area contributed by atoms with Crippen molar-refractivity contribution in [3.63, 3.8) is 0 Å². The molecule has 0 saturated carbocycles. The maximum atomic E-state index is 13.1. The standard InChI is InChI=1S/C25H38N2O5SSi/c1-24(2,3)31-23(29)27-15-20(32-34(7,8)25(4,5)6)22(28)19(27)13-17-9-11-18(12-10-17)30-21-14-26-16-33-21/h9-12,14,16,19-20,22,28H,13,15H2,1-8H3/t19-,20+,22+/m1/s1. The van der Waals surface area contributed by atoms with Crippen molar-refractivity contribution in [1.82, 2.24) is 9.88 Å². The van der Waals surface area contributed by atoms with Gasteiger partial charge in [0.05, 0.1) is 30.4 Å². The summed E-state index contributed by atoms with van der Waals surface area (Å²) in [7, 11) is -2.14. The van der Waals surface area contributed by atoms with Gasteiger partial charge in [-0.25, -0.2) is 9.78 Å². The van der Waals surface area contributed by atoms with E-state index < -0.39 is 38.3 Å². The average molecular weight is 507 g/mol. The van der Waals surface area contributed by atoms with Crippen molar-refractivity contribution >= 4 is 25.7 Å². The third-order valence-corrected chi connectivity index (χ3v) is 11.6. The quantitative estimate of drug-likeness (QED) is 0.495. The first-order valence-electron chi connectivity index (χ1n) is 11.7. The number of thiazole rings is 1. The van der Waals surface area contributed by atoms with Crippen LogP contribution in [0.1, 0.15) is 47.1 Å². The van der Waals surface area contributed by atoms with Crippen LogP contribution in [0.4, 0.5) is 4.79 Å². The number of ether oxygens (including phenoxy) is 2. The highest BCUT2D eigenvalue weighted by molar-refractivity contribution is 7.11. The second kappa shape index (κ2) is 9.97. The van der Waals surface area contributed by atoms with Gasteiger partial charge in [-0.2, -0.15) is 0 Å². The number of rotatable bonds is 6. The zero-order valence-electron chi connectivity index (χ0n) is 21.5. The van der Waals surface area contributed by atoms with E-state index in [0.29, 0.717) is 18.7 Å². The minimum Gasteiger partial charge on any atom is -0.445 e. The topological polar surface area (TPSA) is 81.1 Å². The summed E-state index contributed by atoms with van der Waals surface area (Å²) in [6.45, 7) is 16.7. The van der Waals surface area contributed by atoms with Crippen LogP contribution in [-0.2, 0) is 15.6 Å². The van der Waals surface area contributed by atoms with E-state index in [9.17, 15) is 9.90 Å². The van der Waals surface area contributed by atoms with Gasteiger partial charge in [0.1, 0.15) is 17.5 Å². The van der Waals surface area contributed by atoms with Crippen LogP contribution in [0.3, 0.4) is 0 Å². The largest absolute Gasteiger partial charge is 0.445 e. The fourth-order valence-electron chi connectivity index (χ4n) is 3.60. The Kier molecular flexibility index (Phi) is 7.81. The lowest BCUT2D eigenvalue weighted by Crippen LogP contribution is -2.47. The molecular formula is C25H38N2O5SSi. The monoisotopic (exact) mass is 506 g/mol. The van der Waals surface area contributed by atoms with Gasteiger partial charge in [0, 0.05) is 0 Å². The number of aliphatic hydroxyl groups excluding tert-OH is 1. The van der Waals surface area contributed by atoms with Gasteiger partial charge in [-0.05, 0) is 63.0 Å². The molecule has 1 saturated heterocycles. The van der Waals surface area contributed by atoms with E-state index in [1.165, 1.54) is 11.3 Å². The number of nitrogens with zero attached hydrogens (tertiary/aromatic N) is 2. The molecule has 7 nitrogen and oxygen atoms in total. The number of aliphatic hydroxyl groups is 1. The maximum Gasteiger partial charge on any atom is 0.410 e. The Morgan fingerprint density at radius 2 is 1.82 bits per heavy atom. The molecule has 0 spiro atoms. The summed E-state index contributed by atoms with van der Waals surface area (Å²) in [6, 6.07) is 7.24. The summed E-state index contributed by atoms with van der Waals surface area (Å²) >= 11 is 1.43. The Morgan fingerprint density at radius 1 is 1.18 bits per heavy atom. The van der Waals surface area contributed by atoms with Gasteiger partial charge < -0.3 is 19.0 Å². The fourth-order valence-corrected chi connectivity index (χ4v) is 5.41. The Bertz CT molecular complexity index is 951. The predicted octanol–water partition coefficient (Wildman–Crippen LogP) is 5.85. The van der Waals surface area contributed by atoms with Crippen LogP contribution in [0.5, 0.6) is 10.8 Å². The number of carbonyl (C=O) groups excluding carboxylic acids is 1. The molecule has 0 unspecified atom stereocenters. The van der Waals surface area contributed by atoms with Crippen LogP contribution < -0.4 is 4.74 Å². The minimum atomic E-state index is -2.14. The van der Waals surface area contributed by atoms with Gasteiger partial charge in [-0.3, -0.25) is 4.90 Å². The molecule has 1 fully saturated rings. The SMILES string of the molecule is CC(C)(C)OC(=O)N1C[C@H](O[Si](C)(C)C(C)(C)C)[C@@H](O)[C@H]1Cc1ccc(Oc2cncs2)cc1. The van der Waals surface area contributed by atoms with E-state index in [1.807, 2.05) is 45.0 Å². The molecule has 2 heterocycles. The van der Waals surface area contributed by atoms with Gasteiger partial charge in [-0.15, -0.1) is 0 Å². The zero-order chi connectivity index (χ0) is 25.3. The zero-order valence-corrected chi connectivity index (χ0v) is 23.3. The van der Waals surface area contributed by atoms with Crippen LogP contribution >= 0.6 is 11.3 Å². The molecule has 1 N–H and O–H groups in total. The van der Waals surface area contributed by atoms with E-state index in [-0.39, 0.29) is 5.04 Å². The van der Waals surface area contributed by atoms with Gasteiger partial charge in [0.25, 0.3) is 0 Å². The molecule has 2 aromatic rings. The number of benzene rings is 1. The third kappa shape index (κ3) is 6.59. The molecule has 9 heteroatoms. The summed E-state index contributed by atoms with van der Waals surface area (Å²) in [4.78, 5) is 18.7. The number of likely N-dealkylation sites (tertiary alicyclic amines) is 1. The molecule has 1 amide bonds. The van der Waals surface area contributed by atoms with Gasteiger partial charge in [0.15, 0.2) is 8.32 Å². The fraction of sp³-hybridized carbons (Fsp3) is 0.600. The van der Waals surface area contributed by atoms with Gasteiger partial charge in [-0.1, -0.05) is 44.2 Å². The Morgan fingerprint density at radius 3 is 2.35 bits per heavy atom. The van der Waals surface area contributed by atoms with Crippen molar-refractivity contribution in [1.29, 1.82) is 0 Å². The van der Waals surface area contributed by atoms with Crippen LogP contribution in [0.25, 0.3) is 0 Å². The Hall–Kier alpha value is -1.94. The lowest BCUT2D eigenvalue weighted by molar-refractivity contribution is 0.0143. The summed E-state index contributed by atoms with van der Waals surface area (Å²) < 4.78 is 18.0. The smallest absolute Gasteiger partial charge is 0.410 e. The predicted molar refractivity (Wildman–Crippen MR) is 137 cm³/mol. The van der Waals surface area contributed by atoms with Crippen molar-refractivity contribution in [3.05, 3.63) is 41.5 Å². The number of hydrogen-bond acceptors (Lipinski definition) is 7. The highest BCUT2D eigenvalue weighted by atomic mass is 32.1. The van der Waals surface area contributed by atoms with Crippen molar-refractivity contribution in [2.24, 2.45) is 0 Å². The summed E-state index contributed by atoms with van der Waals surface area (Å²) in [5, 5.41) is 12.0. The molecule has 34 heavy (non-hydrogen) atoms. The first-order valence-corrected chi connectivity index (χ1v) is 15.5. The van der Waals surface area contributed by atoms with Crippen LogP contribution in [0.2, 0.25) is 18.1 Å². The van der Waals surface area contributed by atoms with Crippen LogP contribution in [0.15, 0.2) is 36.0 Å². The highest BCUT2D eigenvalue weighted by Gasteiger charge is 2.49. The lowest BCUT2D eigenvalue weighted by atomic mass is 10.0. The molecule has 188 valence electrons. The number of amides is 1. The highest BCUT2D eigenvalue weighted by Crippen LogP contribution is 2.39. The number of carbonyl (C=O) groups is 1. The third-order valence-electron chi connectivity index (χ3n) is 6.43. The first kappa shape index (κ1) is 26.7. The summed E-state index contributed by atoms with van der Waals surface area (Å²) in [5.74, 6) is 0.711. The molecule has 1 aromatic heterocycles. The molecule has 0 aliphatic carbocycles. The first-order chi connectivity index (χ1) is 15.7. The Labute approximate surface area is 208 Å². The molecule has 1 aliphatic rings. The molecule has 0 radical (unpaired) electrons. The minimum absolute atomic E-state index is 0.00449. The normalized spacial score (nSPS) is 21.6. The van der Waals surface area contributed by atoms with E-state index >= 15 is 0 Å².